The molecule has 2 aromatic rings. The summed E-state index contributed by atoms with van der Waals surface area (Å²) in [6.07, 6.45) is 0. The van der Waals surface area contributed by atoms with Gasteiger partial charge in [-0.25, -0.2) is 0 Å². The first-order valence-corrected chi connectivity index (χ1v) is 9.34. The van der Waals surface area contributed by atoms with Crippen molar-refractivity contribution in [2.24, 2.45) is 0 Å². The van der Waals surface area contributed by atoms with Crippen LogP contribution in [0.25, 0.3) is 0 Å². The highest BCUT2D eigenvalue weighted by Crippen LogP contribution is 2.29. The summed E-state index contributed by atoms with van der Waals surface area (Å²) in [4.78, 5) is 12.2. The summed E-state index contributed by atoms with van der Waals surface area (Å²) in [7, 11) is 0. The molecule has 1 atom stereocenters. The minimum Gasteiger partial charge on any atom is -0.489 e. The smallest absolute Gasteiger partial charge is 0.171 e. The number of carbonyl (C=O) groups is 1. The third-order valence-corrected chi connectivity index (χ3v) is 4.96. The van der Waals surface area contributed by atoms with Crippen LogP contribution in [-0.4, -0.2) is 10.9 Å². The molecule has 0 aliphatic carbocycles. The molecule has 27 heavy (non-hydrogen) atoms. The minimum atomic E-state index is -0.277. The second-order valence-electron chi connectivity index (χ2n) is 6.92. The quantitative estimate of drug-likeness (QED) is 0.759. The number of carbonyl (C=O) groups excluding carboxylic acids is 1. The largest absolute Gasteiger partial charge is 0.489 e. The van der Waals surface area contributed by atoms with Crippen LogP contribution < -0.4 is 15.4 Å². The summed E-state index contributed by atoms with van der Waals surface area (Å²) in [5, 5.41) is 6.75. The van der Waals surface area contributed by atoms with Gasteiger partial charge in [-0.2, -0.15) is 0 Å². The van der Waals surface area contributed by atoms with Crippen LogP contribution in [-0.2, 0) is 11.4 Å². The van der Waals surface area contributed by atoms with E-state index in [0.717, 1.165) is 17.0 Å². The molecule has 140 valence electrons. The first-order valence-electron chi connectivity index (χ1n) is 8.93. The maximum atomic E-state index is 12.2. The fourth-order valence-corrected chi connectivity index (χ4v) is 3.58. The van der Waals surface area contributed by atoms with Gasteiger partial charge in [0.1, 0.15) is 12.4 Å². The molecule has 0 spiro atoms. The number of nitrogens with one attached hydrogen (secondary N) is 2. The fourth-order valence-electron chi connectivity index (χ4n) is 3.31. The van der Waals surface area contributed by atoms with Crippen LogP contribution in [0.3, 0.4) is 0 Å². The first kappa shape index (κ1) is 19.1. The molecule has 4 nitrogen and oxygen atoms in total. The Kier molecular flexibility index (Phi) is 5.61. The Morgan fingerprint density at radius 3 is 2.67 bits per heavy atom. The number of benzene rings is 2. The molecule has 1 heterocycles. The number of ketones is 1. The Balaban J connectivity index is 1.85. The SMILES string of the molecule is CC(=O)C1=C(C)NC(=S)NC1c1cccc(OCc2cc(C)ccc2C)c1. The zero-order valence-electron chi connectivity index (χ0n) is 16.1. The third kappa shape index (κ3) is 4.37. The summed E-state index contributed by atoms with van der Waals surface area (Å²) >= 11 is 5.27. The molecule has 3 rings (SSSR count). The molecule has 0 radical (unpaired) electrons. The van der Waals surface area contributed by atoms with Crippen LogP contribution in [0, 0.1) is 13.8 Å². The average Bonchev–Trinajstić information content (AvgIpc) is 2.61. The van der Waals surface area contributed by atoms with Gasteiger partial charge in [-0.1, -0.05) is 35.9 Å². The van der Waals surface area contributed by atoms with Gasteiger partial charge >= 0.3 is 0 Å². The number of Topliss-reactive ketones (excluding diaryl/α,β-unsaturated/α-hetero) is 1. The molecule has 1 aliphatic heterocycles. The van der Waals surface area contributed by atoms with Gasteiger partial charge in [0.2, 0.25) is 0 Å². The fraction of sp³-hybridized carbons (Fsp3) is 0.273. The van der Waals surface area contributed by atoms with E-state index in [2.05, 4.69) is 42.7 Å². The van der Waals surface area contributed by atoms with Crippen molar-refractivity contribution >= 4 is 23.1 Å². The Morgan fingerprint density at radius 2 is 1.93 bits per heavy atom. The van der Waals surface area contributed by atoms with Gasteiger partial charge in [0.25, 0.3) is 0 Å². The lowest BCUT2D eigenvalue weighted by Gasteiger charge is -2.30. The highest BCUT2D eigenvalue weighted by Gasteiger charge is 2.27. The van der Waals surface area contributed by atoms with E-state index in [1.165, 1.54) is 16.7 Å². The van der Waals surface area contributed by atoms with Crippen LogP contribution in [0.5, 0.6) is 5.75 Å². The maximum Gasteiger partial charge on any atom is 0.171 e. The Morgan fingerprint density at radius 1 is 1.15 bits per heavy atom. The van der Waals surface area contributed by atoms with Gasteiger partial charge in [-0.15, -0.1) is 0 Å². The molecule has 0 aromatic heterocycles. The molecule has 5 heteroatoms. The summed E-state index contributed by atoms with van der Waals surface area (Å²) in [5.74, 6) is 0.780. The van der Waals surface area contributed by atoms with Gasteiger partial charge in [0.05, 0.1) is 6.04 Å². The van der Waals surface area contributed by atoms with E-state index >= 15 is 0 Å². The lowest BCUT2D eigenvalue weighted by molar-refractivity contribution is -0.114. The summed E-state index contributed by atoms with van der Waals surface area (Å²) in [5.41, 5.74) is 6.02. The van der Waals surface area contributed by atoms with Gasteiger partial charge in [0.15, 0.2) is 10.9 Å². The molecule has 0 fully saturated rings. The number of ether oxygens (including phenoxy) is 1. The first-order chi connectivity index (χ1) is 12.8. The number of rotatable bonds is 5. The number of thiocarbonyl (C=S) groups is 1. The van der Waals surface area contributed by atoms with E-state index in [-0.39, 0.29) is 11.8 Å². The van der Waals surface area contributed by atoms with Gasteiger partial charge < -0.3 is 15.4 Å². The zero-order chi connectivity index (χ0) is 19.6. The van der Waals surface area contributed by atoms with Crippen molar-refractivity contribution in [1.82, 2.24) is 10.6 Å². The molecular weight excluding hydrogens is 356 g/mol. The van der Waals surface area contributed by atoms with Crippen molar-refractivity contribution in [3.63, 3.8) is 0 Å². The van der Waals surface area contributed by atoms with Gasteiger partial charge in [-0.05, 0) is 68.7 Å². The number of allylic oxidation sites excluding steroid dienone is 1. The van der Waals surface area contributed by atoms with E-state index in [0.29, 0.717) is 17.3 Å². The highest BCUT2D eigenvalue weighted by atomic mass is 32.1. The molecule has 0 saturated heterocycles. The van der Waals surface area contributed by atoms with Crippen molar-refractivity contribution in [1.29, 1.82) is 0 Å². The van der Waals surface area contributed by atoms with E-state index in [1.54, 1.807) is 6.92 Å². The van der Waals surface area contributed by atoms with Crippen molar-refractivity contribution in [2.45, 2.75) is 40.3 Å². The van der Waals surface area contributed by atoms with Gasteiger partial charge in [0, 0.05) is 11.3 Å². The Hall–Kier alpha value is -2.66. The van der Waals surface area contributed by atoms with E-state index in [9.17, 15) is 4.79 Å². The predicted octanol–water partition coefficient (Wildman–Crippen LogP) is 4.26. The van der Waals surface area contributed by atoms with E-state index in [4.69, 9.17) is 17.0 Å². The zero-order valence-corrected chi connectivity index (χ0v) is 16.9. The molecule has 0 bridgehead atoms. The predicted molar refractivity (Wildman–Crippen MR) is 112 cm³/mol. The lowest BCUT2D eigenvalue weighted by atomic mass is 9.93. The van der Waals surface area contributed by atoms with Crippen molar-refractivity contribution in [3.05, 3.63) is 76.0 Å². The summed E-state index contributed by atoms with van der Waals surface area (Å²) < 4.78 is 6.03. The monoisotopic (exact) mass is 380 g/mol. The number of hydrogen-bond donors (Lipinski definition) is 2. The highest BCUT2D eigenvalue weighted by molar-refractivity contribution is 7.80. The van der Waals surface area contributed by atoms with Crippen LogP contribution in [0.4, 0.5) is 0 Å². The number of aryl methyl sites for hydroxylation is 2. The van der Waals surface area contributed by atoms with Crippen LogP contribution in [0.1, 0.15) is 42.1 Å². The normalized spacial score (nSPS) is 16.6. The topological polar surface area (TPSA) is 50.4 Å². The summed E-state index contributed by atoms with van der Waals surface area (Å²) in [6, 6.07) is 13.9. The second kappa shape index (κ2) is 7.92. The Bertz CT molecular complexity index is 934. The van der Waals surface area contributed by atoms with E-state index in [1.807, 2.05) is 31.2 Å². The molecule has 1 aliphatic rings. The molecule has 0 amide bonds. The molecule has 1 unspecified atom stereocenters. The minimum absolute atomic E-state index is 0.0155. The maximum absolute atomic E-state index is 12.2. The van der Waals surface area contributed by atoms with Crippen molar-refractivity contribution < 1.29 is 9.53 Å². The van der Waals surface area contributed by atoms with Crippen LogP contribution >= 0.6 is 12.2 Å². The van der Waals surface area contributed by atoms with Crippen LogP contribution in [0.15, 0.2) is 53.7 Å². The molecule has 0 saturated carbocycles. The van der Waals surface area contributed by atoms with Crippen LogP contribution in [0.2, 0.25) is 0 Å². The van der Waals surface area contributed by atoms with Crippen molar-refractivity contribution in [2.75, 3.05) is 0 Å². The lowest BCUT2D eigenvalue weighted by Crippen LogP contribution is -2.44. The Labute approximate surface area is 165 Å². The second-order valence-corrected chi connectivity index (χ2v) is 7.33. The van der Waals surface area contributed by atoms with E-state index < -0.39 is 0 Å². The number of hydrogen-bond acceptors (Lipinski definition) is 3. The molecular formula is C22H24N2O2S. The van der Waals surface area contributed by atoms with Crippen molar-refractivity contribution in [3.8, 4) is 5.75 Å². The van der Waals surface area contributed by atoms with Gasteiger partial charge in [-0.3, -0.25) is 4.79 Å². The molecule has 2 aromatic carbocycles. The third-order valence-electron chi connectivity index (χ3n) is 4.74. The standard InChI is InChI=1S/C22H24N2O2S/c1-13-8-9-14(2)18(10-13)12-26-19-7-5-6-17(11-19)21-20(16(4)25)15(3)23-22(27)24-21/h5-11,21H,12H2,1-4H3,(H2,23,24,27). The molecule has 2 N–H and O–H groups in total. The summed E-state index contributed by atoms with van der Waals surface area (Å²) in [6.45, 7) is 8.11. The average molecular weight is 381 g/mol.